The number of anilines is 1. The Bertz CT molecular complexity index is 643. The molecule has 6 heteroatoms. The molecular weight excluding hydrogens is 321 g/mol. The minimum atomic E-state index is -0.331. The molecule has 2 fully saturated rings. The van der Waals surface area contributed by atoms with Crippen LogP contribution in [0.25, 0.3) is 0 Å². The van der Waals surface area contributed by atoms with Gasteiger partial charge in [-0.25, -0.2) is 4.39 Å². The van der Waals surface area contributed by atoms with Crippen molar-refractivity contribution >= 4 is 17.5 Å². The molecule has 0 bridgehead atoms. The lowest BCUT2D eigenvalue weighted by atomic mass is 10.1. The molecule has 0 saturated carbocycles. The van der Waals surface area contributed by atoms with E-state index in [1.807, 2.05) is 29.7 Å². The average molecular weight is 347 g/mol. The van der Waals surface area contributed by atoms with Gasteiger partial charge in [0.2, 0.25) is 11.8 Å². The molecule has 2 aliphatic rings. The van der Waals surface area contributed by atoms with Gasteiger partial charge < -0.3 is 14.7 Å². The second-order valence-electron chi connectivity index (χ2n) is 6.88. The normalized spacial score (nSPS) is 22.4. The fourth-order valence-electron chi connectivity index (χ4n) is 3.78. The molecule has 0 unspecified atom stereocenters. The maximum atomic E-state index is 13.9. The molecule has 5 nitrogen and oxygen atoms in total. The van der Waals surface area contributed by atoms with Crippen LogP contribution >= 0.6 is 0 Å². The molecule has 136 valence electrons. The highest BCUT2D eigenvalue weighted by Crippen LogP contribution is 2.26. The number of benzene rings is 1. The minimum absolute atomic E-state index is 0.0410. The van der Waals surface area contributed by atoms with Crippen LogP contribution in [0.15, 0.2) is 24.3 Å². The van der Waals surface area contributed by atoms with E-state index in [9.17, 15) is 14.0 Å². The molecule has 0 N–H and O–H groups in total. The molecular formula is C19H26FN3O2. The van der Waals surface area contributed by atoms with E-state index < -0.39 is 0 Å². The minimum Gasteiger partial charge on any atom is -0.366 e. The second-order valence-corrected chi connectivity index (χ2v) is 6.88. The van der Waals surface area contributed by atoms with Gasteiger partial charge in [-0.3, -0.25) is 9.59 Å². The van der Waals surface area contributed by atoms with Crippen molar-refractivity contribution < 1.29 is 14.0 Å². The lowest BCUT2D eigenvalue weighted by molar-refractivity contribution is -0.143. The van der Waals surface area contributed by atoms with Crippen molar-refractivity contribution in [1.82, 2.24) is 9.80 Å². The summed E-state index contributed by atoms with van der Waals surface area (Å²) in [5.74, 6) is -0.108. The third kappa shape index (κ3) is 3.48. The lowest BCUT2D eigenvalue weighted by Crippen LogP contribution is -2.55. The van der Waals surface area contributed by atoms with Gasteiger partial charge in [-0.1, -0.05) is 19.1 Å². The summed E-state index contributed by atoms with van der Waals surface area (Å²) in [5, 5.41) is 0. The summed E-state index contributed by atoms with van der Waals surface area (Å²) in [5.41, 5.74) is 0.590. The Hall–Kier alpha value is -2.11. The lowest BCUT2D eigenvalue weighted by Gasteiger charge is -2.39. The van der Waals surface area contributed by atoms with Crippen LogP contribution in [0.3, 0.4) is 0 Å². The van der Waals surface area contributed by atoms with Crippen molar-refractivity contribution in [3.05, 3.63) is 30.1 Å². The smallest absolute Gasteiger partial charge is 0.245 e. The number of halogens is 1. The molecule has 2 aliphatic heterocycles. The van der Waals surface area contributed by atoms with Crippen molar-refractivity contribution in [2.24, 2.45) is 0 Å². The summed E-state index contributed by atoms with van der Waals surface area (Å²) in [6.45, 7) is 6.37. The van der Waals surface area contributed by atoms with E-state index in [-0.39, 0.29) is 29.7 Å². The molecule has 25 heavy (non-hydrogen) atoms. The number of carbonyl (C=O) groups excluding carboxylic acids is 2. The number of likely N-dealkylation sites (tertiary alicyclic amines) is 1. The van der Waals surface area contributed by atoms with E-state index in [1.54, 1.807) is 17.0 Å². The Morgan fingerprint density at radius 1 is 1.24 bits per heavy atom. The zero-order chi connectivity index (χ0) is 18.0. The van der Waals surface area contributed by atoms with Gasteiger partial charge in [0.25, 0.3) is 0 Å². The number of rotatable bonds is 4. The zero-order valence-electron chi connectivity index (χ0n) is 14.9. The molecule has 0 aliphatic carbocycles. The van der Waals surface area contributed by atoms with Crippen LogP contribution in [0, 0.1) is 5.82 Å². The number of para-hydroxylation sites is 1. The van der Waals surface area contributed by atoms with Crippen molar-refractivity contribution in [1.29, 1.82) is 0 Å². The fraction of sp³-hybridized carbons (Fsp3) is 0.579. The highest BCUT2D eigenvalue weighted by Gasteiger charge is 2.40. The molecule has 2 atom stereocenters. The van der Waals surface area contributed by atoms with E-state index in [0.717, 1.165) is 6.42 Å². The van der Waals surface area contributed by atoms with Crippen molar-refractivity contribution in [2.75, 3.05) is 31.1 Å². The maximum Gasteiger partial charge on any atom is 0.245 e. The zero-order valence-corrected chi connectivity index (χ0v) is 14.9. The summed E-state index contributed by atoms with van der Waals surface area (Å²) < 4.78 is 13.9. The third-order valence-corrected chi connectivity index (χ3v) is 5.39. The molecule has 2 amide bonds. The first-order valence-electron chi connectivity index (χ1n) is 9.12. The first-order valence-corrected chi connectivity index (χ1v) is 9.12. The highest BCUT2D eigenvalue weighted by atomic mass is 19.1. The van der Waals surface area contributed by atoms with Crippen LogP contribution in [0.5, 0.6) is 0 Å². The topological polar surface area (TPSA) is 43.9 Å². The Balaban J connectivity index is 1.64. The molecule has 0 aromatic heterocycles. The molecule has 3 rings (SSSR count). The van der Waals surface area contributed by atoms with Gasteiger partial charge in [-0.05, 0) is 31.9 Å². The summed E-state index contributed by atoms with van der Waals surface area (Å²) in [4.78, 5) is 30.7. The molecule has 2 saturated heterocycles. The Kier molecular flexibility index (Phi) is 5.25. The first kappa shape index (κ1) is 17.7. The van der Waals surface area contributed by atoms with Gasteiger partial charge in [0, 0.05) is 38.6 Å². The molecule has 1 aromatic rings. The van der Waals surface area contributed by atoms with Crippen LogP contribution in [0.1, 0.15) is 33.1 Å². The Morgan fingerprint density at radius 2 is 1.92 bits per heavy atom. The third-order valence-electron chi connectivity index (χ3n) is 5.39. The van der Waals surface area contributed by atoms with Crippen LogP contribution < -0.4 is 4.90 Å². The maximum absolute atomic E-state index is 13.9. The van der Waals surface area contributed by atoms with E-state index in [0.29, 0.717) is 44.7 Å². The predicted octanol–water partition coefficient (Wildman–Crippen LogP) is 2.26. The van der Waals surface area contributed by atoms with Crippen molar-refractivity contribution in [3.8, 4) is 0 Å². The van der Waals surface area contributed by atoms with E-state index >= 15 is 0 Å². The van der Waals surface area contributed by atoms with Gasteiger partial charge in [-0.15, -0.1) is 0 Å². The van der Waals surface area contributed by atoms with Crippen LogP contribution in [-0.4, -0.2) is 59.9 Å². The number of hydrogen-bond acceptors (Lipinski definition) is 3. The number of amides is 2. The summed E-state index contributed by atoms with van der Waals surface area (Å²) in [7, 11) is 0. The molecule has 2 heterocycles. The summed E-state index contributed by atoms with van der Waals surface area (Å²) in [6, 6.07) is 6.49. The van der Waals surface area contributed by atoms with Crippen LogP contribution in [0.2, 0.25) is 0 Å². The van der Waals surface area contributed by atoms with Gasteiger partial charge in [0.15, 0.2) is 0 Å². The predicted molar refractivity (Wildman–Crippen MR) is 94.8 cm³/mol. The molecule has 0 radical (unpaired) electrons. The average Bonchev–Trinajstić information content (AvgIpc) is 3.02. The fourth-order valence-corrected chi connectivity index (χ4v) is 3.78. The number of piperazine rings is 1. The van der Waals surface area contributed by atoms with Gasteiger partial charge in [0.05, 0.1) is 5.69 Å². The van der Waals surface area contributed by atoms with E-state index in [2.05, 4.69) is 0 Å². The van der Waals surface area contributed by atoms with Gasteiger partial charge >= 0.3 is 0 Å². The first-order chi connectivity index (χ1) is 12.0. The molecule has 0 spiro atoms. The van der Waals surface area contributed by atoms with Gasteiger partial charge in [-0.2, -0.15) is 0 Å². The van der Waals surface area contributed by atoms with E-state index in [1.165, 1.54) is 6.07 Å². The number of hydrogen-bond donors (Lipinski definition) is 0. The van der Waals surface area contributed by atoms with Crippen LogP contribution in [0.4, 0.5) is 10.1 Å². The number of nitrogens with zero attached hydrogens (tertiary/aromatic N) is 3. The Labute approximate surface area is 148 Å². The standard InChI is InChI=1S/C19H26FN3O2/c1-3-14(2)23-17(8-9-18(23)24)19(25)22-12-10-21(11-13-22)16-7-5-4-6-15(16)20/h4-7,14,17H,3,8-13H2,1-2H3/t14-,17-/m0/s1. The molecule has 1 aromatic carbocycles. The Morgan fingerprint density at radius 3 is 2.56 bits per heavy atom. The van der Waals surface area contributed by atoms with Crippen molar-refractivity contribution in [3.63, 3.8) is 0 Å². The second kappa shape index (κ2) is 7.42. The quantitative estimate of drug-likeness (QED) is 0.839. The largest absolute Gasteiger partial charge is 0.366 e. The number of carbonyl (C=O) groups is 2. The van der Waals surface area contributed by atoms with Crippen LogP contribution in [-0.2, 0) is 9.59 Å². The van der Waals surface area contributed by atoms with E-state index in [4.69, 9.17) is 0 Å². The SMILES string of the molecule is CC[C@H](C)N1C(=O)CC[C@H]1C(=O)N1CCN(c2ccccc2F)CC1. The monoisotopic (exact) mass is 347 g/mol. The van der Waals surface area contributed by atoms with Gasteiger partial charge in [0.1, 0.15) is 11.9 Å². The summed E-state index contributed by atoms with van der Waals surface area (Å²) >= 11 is 0. The van der Waals surface area contributed by atoms with Crippen molar-refractivity contribution in [2.45, 2.75) is 45.2 Å². The summed E-state index contributed by atoms with van der Waals surface area (Å²) in [6.07, 6.45) is 1.90. The highest BCUT2D eigenvalue weighted by molar-refractivity contribution is 5.91.